The van der Waals surface area contributed by atoms with E-state index in [1.54, 1.807) is 6.07 Å². The normalized spacial score (nSPS) is 12.1. The van der Waals surface area contributed by atoms with Crippen molar-refractivity contribution in [2.45, 2.75) is 13.1 Å². The van der Waals surface area contributed by atoms with E-state index in [-0.39, 0.29) is 5.56 Å². The minimum Gasteiger partial charge on any atom is -0.253 e. The van der Waals surface area contributed by atoms with Crippen LogP contribution < -0.4 is 5.43 Å². The van der Waals surface area contributed by atoms with E-state index in [9.17, 15) is 13.2 Å². The molecule has 1 N–H and O–H groups in total. The third kappa shape index (κ3) is 3.69. The van der Waals surface area contributed by atoms with Gasteiger partial charge in [0.25, 0.3) is 0 Å². The first kappa shape index (κ1) is 15.2. The lowest BCUT2D eigenvalue weighted by Crippen LogP contribution is -2.10. The molecule has 106 valence electrons. The molecule has 0 unspecified atom stereocenters. The summed E-state index contributed by atoms with van der Waals surface area (Å²) < 4.78 is 39.1. The van der Waals surface area contributed by atoms with Gasteiger partial charge >= 0.3 is 6.18 Å². The predicted molar refractivity (Wildman–Crippen MR) is 82.2 cm³/mol. The number of aromatic nitrogens is 1. The summed E-state index contributed by atoms with van der Waals surface area (Å²) in [5, 5.41) is 6.19. The standard InChI is InChI=1S/C12H9F3IN3S/c1-7-6-20-11(18-7)19-17-5-8-9(12(13,14)15)3-2-4-10(8)16/h2-6H,1H3,(H,18,19). The summed E-state index contributed by atoms with van der Waals surface area (Å²) in [6.45, 7) is 1.83. The van der Waals surface area contributed by atoms with Crippen molar-refractivity contribution >= 4 is 45.3 Å². The number of thiazole rings is 1. The van der Waals surface area contributed by atoms with Crippen LogP contribution in [0.1, 0.15) is 16.8 Å². The molecule has 0 amide bonds. The number of nitrogens with one attached hydrogen (secondary N) is 1. The van der Waals surface area contributed by atoms with Crippen LogP contribution in [0.3, 0.4) is 0 Å². The maximum atomic E-state index is 12.9. The lowest BCUT2D eigenvalue weighted by atomic mass is 10.1. The number of nitrogens with zero attached hydrogens (tertiary/aromatic N) is 2. The fraction of sp³-hybridized carbons (Fsp3) is 0.167. The fourth-order valence-electron chi connectivity index (χ4n) is 1.47. The van der Waals surface area contributed by atoms with Gasteiger partial charge in [-0.1, -0.05) is 6.07 Å². The van der Waals surface area contributed by atoms with Crippen LogP contribution in [0.15, 0.2) is 28.7 Å². The second-order valence-corrected chi connectivity index (χ2v) is 5.88. The van der Waals surface area contributed by atoms with Gasteiger partial charge in [0, 0.05) is 14.5 Å². The topological polar surface area (TPSA) is 37.3 Å². The Balaban J connectivity index is 2.24. The highest BCUT2D eigenvalue weighted by Crippen LogP contribution is 2.33. The molecule has 0 radical (unpaired) electrons. The number of hydrogen-bond donors (Lipinski definition) is 1. The zero-order valence-corrected chi connectivity index (χ0v) is 13.2. The highest BCUT2D eigenvalue weighted by molar-refractivity contribution is 14.1. The summed E-state index contributed by atoms with van der Waals surface area (Å²) >= 11 is 3.19. The maximum Gasteiger partial charge on any atom is 0.417 e. The van der Waals surface area contributed by atoms with Crippen molar-refractivity contribution in [3.8, 4) is 0 Å². The van der Waals surface area contributed by atoms with E-state index in [2.05, 4.69) is 15.5 Å². The minimum atomic E-state index is -4.40. The van der Waals surface area contributed by atoms with Crippen LogP contribution in [0.25, 0.3) is 0 Å². The number of hydrazone groups is 1. The number of hydrogen-bond acceptors (Lipinski definition) is 4. The van der Waals surface area contributed by atoms with Crippen molar-refractivity contribution in [2.75, 3.05) is 5.43 Å². The molecule has 2 aromatic rings. The van der Waals surface area contributed by atoms with Crippen molar-refractivity contribution in [2.24, 2.45) is 5.10 Å². The molecule has 0 saturated heterocycles. The van der Waals surface area contributed by atoms with Crippen LogP contribution in [-0.4, -0.2) is 11.2 Å². The Hall–Kier alpha value is -1.16. The molecule has 0 fully saturated rings. The van der Waals surface area contributed by atoms with E-state index in [1.807, 2.05) is 34.9 Å². The Morgan fingerprint density at radius 3 is 2.75 bits per heavy atom. The van der Waals surface area contributed by atoms with Gasteiger partial charge < -0.3 is 0 Å². The van der Waals surface area contributed by atoms with Crippen molar-refractivity contribution < 1.29 is 13.2 Å². The van der Waals surface area contributed by atoms with Gasteiger partial charge in [0.05, 0.1) is 17.5 Å². The number of anilines is 1. The third-order valence-corrected chi connectivity index (χ3v) is 4.14. The van der Waals surface area contributed by atoms with Crippen LogP contribution in [0.4, 0.5) is 18.3 Å². The first-order valence-electron chi connectivity index (χ1n) is 5.45. The van der Waals surface area contributed by atoms with Gasteiger partial charge in [0.15, 0.2) is 0 Å². The van der Waals surface area contributed by atoms with Crippen LogP contribution in [0.5, 0.6) is 0 Å². The molecule has 0 atom stereocenters. The Morgan fingerprint density at radius 1 is 1.40 bits per heavy atom. The number of rotatable bonds is 3. The second-order valence-electron chi connectivity index (χ2n) is 3.86. The molecular weight excluding hydrogens is 402 g/mol. The Bertz CT molecular complexity index is 637. The molecule has 0 aliphatic rings. The summed E-state index contributed by atoms with van der Waals surface area (Å²) in [5.74, 6) is 0. The lowest BCUT2D eigenvalue weighted by Gasteiger charge is -2.11. The molecule has 0 spiro atoms. The maximum absolute atomic E-state index is 12.9. The van der Waals surface area contributed by atoms with Crippen LogP contribution in [0, 0.1) is 10.5 Å². The zero-order valence-electron chi connectivity index (χ0n) is 10.2. The van der Waals surface area contributed by atoms with E-state index in [0.29, 0.717) is 8.70 Å². The van der Waals surface area contributed by atoms with Gasteiger partial charge in [0.1, 0.15) is 0 Å². The monoisotopic (exact) mass is 411 g/mol. The summed E-state index contributed by atoms with van der Waals surface area (Å²) in [5.41, 5.74) is 2.80. The van der Waals surface area contributed by atoms with Gasteiger partial charge in [-0.15, -0.1) is 11.3 Å². The largest absolute Gasteiger partial charge is 0.417 e. The molecule has 1 heterocycles. The molecule has 0 bridgehead atoms. The van der Waals surface area contributed by atoms with Gasteiger partial charge in [-0.3, -0.25) is 5.43 Å². The van der Waals surface area contributed by atoms with Gasteiger partial charge in [0.2, 0.25) is 5.13 Å². The molecule has 0 aliphatic carbocycles. The summed E-state index contributed by atoms with van der Waals surface area (Å²) in [6.07, 6.45) is -3.23. The van der Waals surface area contributed by atoms with Gasteiger partial charge in [-0.05, 0) is 41.6 Å². The second kappa shape index (κ2) is 6.08. The van der Waals surface area contributed by atoms with Crippen molar-refractivity contribution in [3.05, 3.63) is 44.0 Å². The van der Waals surface area contributed by atoms with Crippen LogP contribution >= 0.6 is 33.9 Å². The molecule has 20 heavy (non-hydrogen) atoms. The molecule has 3 nitrogen and oxygen atoms in total. The summed E-state index contributed by atoms with van der Waals surface area (Å²) in [4.78, 5) is 4.11. The molecule has 0 aliphatic heterocycles. The van der Waals surface area contributed by atoms with E-state index < -0.39 is 11.7 Å². The molecule has 2 rings (SSSR count). The quantitative estimate of drug-likeness (QED) is 0.458. The molecular formula is C12H9F3IN3S. The summed E-state index contributed by atoms with van der Waals surface area (Å²) in [6, 6.07) is 4.02. The lowest BCUT2D eigenvalue weighted by molar-refractivity contribution is -0.137. The number of aryl methyl sites for hydroxylation is 1. The first-order chi connectivity index (χ1) is 9.38. The third-order valence-electron chi connectivity index (χ3n) is 2.33. The molecule has 1 aromatic heterocycles. The van der Waals surface area contributed by atoms with Gasteiger partial charge in [-0.25, -0.2) is 4.98 Å². The van der Waals surface area contributed by atoms with Crippen molar-refractivity contribution in [3.63, 3.8) is 0 Å². The number of alkyl halides is 3. The average Bonchev–Trinajstić information content (AvgIpc) is 2.76. The van der Waals surface area contributed by atoms with E-state index >= 15 is 0 Å². The highest BCUT2D eigenvalue weighted by atomic mass is 127. The smallest absolute Gasteiger partial charge is 0.253 e. The Kier molecular flexibility index (Phi) is 4.63. The van der Waals surface area contributed by atoms with E-state index in [4.69, 9.17) is 0 Å². The zero-order chi connectivity index (χ0) is 14.8. The van der Waals surface area contributed by atoms with Crippen molar-refractivity contribution in [1.29, 1.82) is 0 Å². The highest BCUT2D eigenvalue weighted by Gasteiger charge is 2.33. The number of benzene rings is 1. The Labute approximate surface area is 131 Å². The molecule has 8 heteroatoms. The fourth-order valence-corrected chi connectivity index (χ4v) is 2.75. The first-order valence-corrected chi connectivity index (χ1v) is 7.40. The average molecular weight is 411 g/mol. The Morgan fingerprint density at radius 2 is 2.15 bits per heavy atom. The SMILES string of the molecule is Cc1csc(NN=Cc2c(I)cccc2C(F)(F)F)n1. The van der Waals surface area contributed by atoms with Crippen LogP contribution in [-0.2, 0) is 6.18 Å². The summed E-state index contributed by atoms with van der Waals surface area (Å²) in [7, 11) is 0. The minimum absolute atomic E-state index is 0.0429. The van der Waals surface area contributed by atoms with Gasteiger partial charge in [-0.2, -0.15) is 18.3 Å². The predicted octanol–water partition coefficient (Wildman–Crippen LogP) is 4.52. The van der Waals surface area contributed by atoms with E-state index in [1.165, 1.54) is 23.6 Å². The van der Waals surface area contributed by atoms with Crippen LogP contribution in [0.2, 0.25) is 0 Å². The van der Waals surface area contributed by atoms with E-state index in [0.717, 1.165) is 11.8 Å². The molecule has 1 aromatic carbocycles. The van der Waals surface area contributed by atoms with Crippen molar-refractivity contribution in [1.82, 2.24) is 4.98 Å². The number of halogens is 4. The molecule has 0 saturated carbocycles.